The molecule has 0 radical (unpaired) electrons. The summed E-state index contributed by atoms with van der Waals surface area (Å²) in [6.07, 6.45) is 1.40. The van der Waals surface area contributed by atoms with E-state index in [1.807, 2.05) is 20.8 Å². The zero-order chi connectivity index (χ0) is 16.2. The molecule has 1 saturated heterocycles. The van der Waals surface area contributed by atoms with Crippen LogP contribution in [0.1, 0.15) is 47.5 Å². The standard InChI is InChI=1S/C15H27N3O3/c1-10(11(2)16)13(19)17-12-7-6-8-18(9-12)14(20)21-15(3,4)5/h12,16-17,19H,6-9H2,1-5H3/b13-10-,16-11?. The topological polar surface area (TPSA) is 85.7 Å². The third kappa shape index (κ3) is 5.65. The van der Waals surface area contributed by atoms with Crippen LogP contribution in [0.25, 0.3) is 0 Å². The van der Waals surface area contributed by atoms with Crippen molar-refractivity contribution in [3.05, 3.63) is 11.5 Å². The highest BCUT2D eigenvalue weighted by Crippen LogP contribution is 2.16. The average Bonchev–Trinajstić information content (AvgIpc) is 2.35. The lowest BCUT2D eigenvalue weighted by atomic mass is 10.1. The molecule has 3 N–H and O–H groups in total. The lowest BCUT2D eigenvalue weighted by molar-refractivity contribution is 0.0186. The number of carbonyl (C=O) groups is 1. The molecule has 21 heavy (non-hydrogen) atoms. The molecule has 1 aliphatic rings. The highest BCUT2D eigenvalue weighted by atomic mass is 16.6. The van der Waals surface area contributed by atoms with Gasteiger partial charge < -0.3 is 25.5 Å². The summed E-state index contributed by atoms with van der Waals surface area (Å²) in [5.41, 5.74) is 0.331. The molecule has 1 atom stereocenters. The van der Waals surface area contributed by atoms with Gasteiger partial charge in [-0.3, -0.25) is 0 Å². The molecule has 0 bridgehead atoms. The third-order valence-corrected chi connectivity index (χ3v) is 3.33. The zero-order valence-corrected chi connectivity index (χ0v) is 13.6. The second-order valence-corrected chi connectivity index (χ2v) is 6.51. The van der Waals surface area contributed by atoms with Gasteiger partial charge in [-0.2, -0.15) is 0 Å². The SMILES string of the molecule is CC(=N)/C(C)=C(\O)NC1CCCN(C(=O)OC(C)(C)C)C1. The summed E-state index contributed by atoms with van der Waals surface area (Å²) in [5.74, 6) is 0.0125. The van der Waals surface area contributed by atoms with Gasteiger partial charge in [-0.25, -0.2) is 4.79 Å². The lowest BCUT2D eigenvalue weighted by Crippen LogP contribution is -2.49. The van der Waals surface area contributed by atoms with E-state index >= 15 is 0 Å². The smallest absolute Gasteiger partial charge is 0.410 e. The van der Waals surface area contributed by atoms with Crippen molar-refractivity contribution >= 4 is 11.8 Å². The molecule has 1 rings (SSSR count). The number of hydrogen-bond acceptors (Lipinski definition) is 5. The first-order valence-corrected chi connectivity index (χ1v) is 7.30. The molecule has 1 aliphatic heterocycles. The first-order valence-electron chi connectivity index (χ1n) is 7.30. The average molecular weight is 297 g/mol. The Kier molecular flexibility index (Phi) is 5.63. The molecule has 0 saturated carbocycles. The number of nitrogens with one attached hydrogen (secondary N) is 2. The van der Waals surface area contributed by atoms with Crippen molar-refractivity contribution in [2.45, 2.75) is 59.1 Å². The van der Waals surface area contributed by atoms with Crippen molar-refractivity contribution < 1.29 is 14.6 Å². The van der Waals surface area contributed by atoms with E-state index in [1.165, 1.54) is 0 Å². The summed E-state index contributed by atoms with van der Waals surface area (Å²) in [6, 6.07) is -0.0273. The van der Waals surface area contributed by atoms with Crippen molar-refractivity contribution in [2.24, 2.45) is 0 Å². The first-order chi connectivity index (χ1) is 9.60. The van der Waals surface area contributed by atoms with E-state index in [0.29, 0.717) is 24.4 Å². The van der Waals surface area contributed by atoms with Gasteiger partial charge in [-0.05, 0) is 47.5 Å². The van der Waals surface area contributed by atoms with Crippen molar-refractivity contribution in [2.75, 3.05) is 13.1 Å². The van der Waals surface area contributed by atoms with Crippen LogP contribution in [0, 0.1) is 5.41 Å². The highest BCUT2D eigenvalue weighted by molar-refractivity contribution is 5.95. The van der Waals surface area contributed by atoms with Gasteiger partial charge in [-0.15, -0.1) is 0 Å². The molecular weight excluding hydrogens is 270 g/mol. The van der Waals surface area contributed by atoms with Crippen molar-refractivity contribution in [1.29, 1.82) is 5.41 Å². The maximum atomic E-state index is 12.1. The summed E-state index contributed by atoms with van der Waals surface area (Å²) < 4.78 is 5.37. The number of allylic oxidation sites excluding steroid dienone is 1. The summed E-state index contributed by atoms with van der Waals surface area (Å²) in [4.78, 5) is 13.7. The fraction of sp³-hybridized carbons (Fsp3) is 0.733. The molecule has 6 nitrogen and oxygen atoms in total. The van der Waals surface area contributed by atoms with Crippen LogP contribution in [0.3, 0.4) is 0 Å². The van der Waals surface area contributed by atoms with E-state index in [9.17, 15) is 9.90 Å². The molecule has 1 heterocycles. The number of hydrogen-bond donors (Lipinski definition) is 3. The van der Waals surface area contributed by atoms with Gasteiger partial charge >= 0.3 is 6.09 Å². The normalized spacial score (nSPS) is 20.6. The van der Waals surface area contributed by atoms with Gasteiger partial charge in [0.05, 0.1) is 0 Å². The summed E-state index contributed by atoms with van der Waals surface area (Å²) in [5, 5.41) is 20.4. The van der Waals surface area contributed by atoms with Crippen LogP contribution in [0.5, 0.6) is 0 Å². The van der Waals surface area contributed by atoms with Crippen LogP contribution < -0.4 is 5.32 Å². The second-order valence-electron chi connectivity index (χ2n) is 6.51. The number of nitrogens with zero attached hydrogens (tertiary/aromatic N) is 1. The molecule has 0 aromatic carbocycles. The molecule has 1 unspecified atom stereocenters. The van der Waals surface area contributed by atoms with E-state index in [0.717, 1.165) is 12.8 Å². The van der Waals surface area contributed by atoms with E-state index < -0.39 is 5.60 Å². The molecular formula is C15H27N3O3. The lowest BCUT2D eigenvalue weighted by Gasteiger charge is -2.34. The van der Waals surface area contributed by atoms with Gasteiger partial charge in [0, 0.05) is 30.4 Å². The van der Waals surface area contributed by atoms with Crippen LogP contribution in [0.4, 0.5) is 4.79 Å². The predicted molar refractivity (Wildman–Crippen MR) is 82.7 cm³/mol. The number of piperidine rings is 1. The maximum absolute atomic E-state index is 12.1. The van der Waals surface area contributed by atoms with Crippen molar-refractivity contribution in [3.8, 4) is 0 Å². The summed E-state index contributed by atoms with van der Waals surface area (Å²) in [7, 11) is 0. The fourth-order valence-corrected chi connectivity index (χ4v) is 2.07. The van der Waals surface area contributed by atoms with Gasteiger partial charge in [0.1, 0.15) is 5.60 Å². The number of carbonyl (C=O) groups excluding carboxylic acids is 1. The molecule has 0 aromatic heterocycles. The van der Waals surface area contributed by atoms with Crippen LogP contribution in [0.15, 0.2) is 11.5 Å². The van der Waals surface area contributed by atoms with E-state index in [4.69, 9.17) is 10.1 Å². The van der Waals surface area contributed by atoms with E-state index in [2.05, 4.69) is 5.32 Å². The Bertz CT molecular complexity index is 438. The number of aliphatic hydroxyl groups excluding tert-OH is 1. The number of rotatable bonds is 3. The Morgan fingerprint density at radius 2 is 2.00 bits per heavy atom. The number of amides is 1. The van der Waals surface area contributed by atoms with Gasteiger partial charge in [0.25, 0.3) is 0 Å². The minimum absolute atomic E-state index is 0.0125. The zero-order valence-electron chi connectivity index (χ0n) is 13.6. The highest BCUT2D eigenvalue weighted by Gasteiger charge is 2.28. The summed E-state index contributed by atoms with van der Waals surface area (Å²) in [6.45, 7) is 10.0. The molecule has 0 spiro atoms. The maximum Gasteiger partial charge on any atom is 0.410 e. The Balaban J connectivity index is 2.63. The largest absolute Gasteiger partial charge is 0.495 e. The monoisotopic (exact) mass is 297 g/mol. The minimum atomic E-state index is -0.507. The Hall–Kier alpha value is -1.72. The van der Waals surface area contributed by atoms with Crippen LogP contribution in [-0.2, 0) is 4.74 Å². The van der Waals surface area contributed by atoms with Gasteiger partial charge in [0.2, 0.25) is 0 Å². The minimum Gasteiger partial charge on any atom is -0.495 e. The van der Waals surface area contributed by atoms with Crippen LogP contribution in [-0.4, -0.2) is 46.5 Å². The van der Waals surface area contributed by atoms with Crippen LogP contribution >= 0.6 is 0 Å². The molecule has 1 fully saturated rings. The molecule has 0 aliphatic carbocycles. The Morgan fingerprint density at radius 3 is 2.52 bits per heavy atom. The predicted octanol–water partition coefficient (Wildman–Crippen LogP) is 2.80. The number of aliphatic hydroxyl groups is 1. The first kappa shape index (κ1) is 17.3. The van der Waals surface area contributed by atoms with Gasteiger partial charge in [0.15, 0.2) is 5.88 Å². The quantitative estimate of drug-likeness (QED) is 0.552. The molecule has 6 heteroatoms. The number of ether oxygens (including phenoxy) is 1. The van der Waals surface area contributed by atoms with Crippen molar-refractivity contribution in [1.82, 2.24) is 10.2 Å². The van der Waals surface area contributed by atoms with Crippen molar-refractivity contribution in [3.63, 3.8) is 0 Å². The molecule has 1 amide bonds. The van der Waals surface area contributed by atoms with E-state index in [1.54, 1.807) is 18.7 Å². The second kappa shape index (κ2) is 6.83. The summed E-state index contributed by atoms with van der Waals surface area (Å²) >= 11 is 0. The van der Waals surface area contributed by atoms with Gasteiger partial charge in [-0.1, -0.05) is 0 Å². The molecule has 0 aromatic rings. The number of likely N-dealkylation sites (tertiary alicyclic amines) is 1. The van der Waals surface area contributed by atoms with E-state index in [-0.39, 0.29) is 18.0 Å². The third-order valence-electron chi connectivity index (χ3n) is 3.33. The Morgan fingerprint density at radius 1 is 1.38 bits per heavy atom. The Labute approximate surface area is 126 Å². The van der Waals surface area contributed by atoms with Crippen LogP contribution in [0.2, 0.25) is 0 Å². The molecule has 120 valence electrons. The fourth-order valence-electron chi connectivity index (χ4n) is 2.07.